The van der Waals surface area contributed by atoms with E-state index in [2.05, 4.69) is 15.0 Å². The number of nitrogens with zero attached hydrogens (tertiary/aromatic N) is 5. The molecule has 0 saturated carbocycles. The number of aliphatic hydroxyl groups excluding tert-OH is 3. The number of benzene rings is 1. The summed E-state index contributed by atoms with van der Waals surface area (Å²) in [5.74, 6) is 0. The number of aromatic nitrogens is 4. The summed E-state index contributed by atoms with van der Waals surface area (Å²) >= 11 is 0. The van der Waals surface area contributed by atoms with Gasteiger partial charge in [-0.3, -0.25) is 9.56 Å². The summed E-state index contributed by atoms with van der Waals surface area (Å²) in [6, 6.07) is 9.85. The van der Waals surface area contributed by atoms with E-state index in [0.29, 0.717) is 24.1 Å². The Morgan fingerprint density at radius 1 is 1.07 bits per heavy atom. The van der Waals surface area contributed by atoms with Gasteiger partial charge in [-0.15, -0.1) is 0 Å². The number of aliphatic hydroxyl groups is 3. The highest BCUT2D eigenvalue weighted by molar-refractivity contribution is 5.68. The Hall–Kier alpha value is -2.79. The van der Waals surface area contributed by atoms with Crippen molar-refractivity contribution < 1.29 is 25.3 Å². The molecule has 28 heavy (non-hydrogen) atoms. The molecular formula is C18H21N5O5. The molecule has 0 radical (unpaired) electrons. The summed E-state index contributed by atoms with van der Waals surface area (Å²) in [5, 5.41) is 39.6. The molecule has 1 aliphatic rings. The minimum atomic E-state index is -1.25. The van der Waals surface area contributed by atoms with Gasteiger partial charge in [-0.05, 0) is 12.0 Å². The largest absolute Gasteiger partial charge is 0.425 e. The van der Waals surface area contributed by atoms with Crippen LogP contribution in [-0.2, 0) is 11.2 Å². The first-order valence-corrected chi connectivity index (χ1v) is 8.90. The van der Waals surface area contributed by atoms with Crippen LogP contribution in [0.2, 0.25) is 0 Å². The molecule has 0 amide bonds. The van der Waals surface area contributed by atoms with Gasteiger partial charge in [-0.1, -0.05) is 30.3 Å². The Labute approximate surface area is 159 Å². The molecule has 10 nitrogen and oxygen atoms in total. The maximum Gasteiger partial charge on any atom is 0.195 e. The maximum absolute atomic E-state index is 10.2. The molecule has 4 atom stereocenters. The molecule has 4 rings (SSSR count). The van der Waals surface area contributed by atoms with Crippen molar-refractivity contribution in [1.82, 2.24) is 19.3 Å². The highest BCUT2D eigenvalue weighted by Crippen LogP contribution is 2.30. The van der Waals surface area contributed by atoms with Gasteiger partial charge in [0.05, 0.1) is 12.9 Å². The van der Waals surface area contributed by atoms with Crippen molar-refractivity contribution >= 4 is 11.2 Å². The van der Waals surface area contributed by atoms with Crippen molar-refractivity contribution in [1.29, 1.82) is 0 Å². The van der Waals surface area contributed by atoms with Gasteiger partial charge < -0.3 is 25.3 Å². The molecular weight excluding hydrogens is 366 g/mol. The molecule has 1 unspecified atom stereocenters. The lowest BCUT2D eigenvalue weighted by molar-refractivity contribution is -0.0511. The molecule has 4 N–H and O–H groups in total. The molecule has 1 aromatic carbocycles. The van der Waals surface area contributed by atoms with Crippen molar-refractivity contribution in [2.75, 3.05) is 13.2 Å². The molecule has 1 aliphatic heterocycles. The number of ether oxygens (including phenoxy) is 1. The number of imidazole rings is 1. The fourth-order valence-corrected chi connectivity index (χ4v) is 3.29. The van der Waals surface area contributed by atoms with Crippen LogP contribution in [0.3, 0.4) is 0 Å². The smallest absolute Gasteiger partial charge is 0.195 e. The van der Waals surface area contributed by atoms with E-state index in [1.807, 2.05) is 30.3 Å². The summed E-state index contributed by atoms with van der Waals surface area (Å²) in [5.41, 5.74) is 2.01. The van der Waals surface area contributed by atoms with E-state index in [0.717, 1.165) is 10.3 Å². The Bertz CT molecular complexity index is 1020. The number of fused-ring (bicyclic) bond motifs is 1. The van der Waals surface area contributed by atoms with Gasteiger partial charge in [0.1, 0.15) is 24.6 Å². The molecule has 3 aromatic rings. The Balaban J connectivity index is 1.66. The standard InChI is InChI=1S/C18H21N5O5/c24-8-12-14(25)15(26)18(28-12)22-9-20-13-16(22)21-10-23(27)17(13)19-7-6-11-4-2-1-3-5-11/h1-5,9-10,12,14-15,18,24-27H,6-8H2/t12-,14-,15-,18?/m1/s1. The average molecular weight is 387 g/mol. The summed E-state index contributed by atoms with van der Waals surface area (Å²) in [4.78, 5) is 12.8. The van der Waals surface area contributed by atoms with Crippen LogP contribution < -0.4 is 5.49 Å². The lowest BCUT2D eigenvalue weighted by atomic mass is 10.1. The predicted octanol–water partition coefficient (Wildman–Crippen LogP) is -0.775. The zero-order valence-corrected chi connectivity index (χ0v) is 14.9. The Morgan fingerprint density at radius 3 is 2.57 bits per heavy atom. The average Bonchev–Trinajstić information content (AvgIpc) is 3.26. The second-order valence-electron chi connectivity index (χ2n) is 6.58. The zero-order chi connectivity index (χ0) is 19.7. The van der Waals surface area contributed by atoms with E-state index in [4.69, 9.17) is 4.74 Å². The number of hydrogen-bond donors (Lipinski definition) is 4. The lowest BCUT2D eigenvalue weighted by Crippen LogP contribution is -2.33. The summed E-state index contributed by atoms with van der Waals surface area (Å²) in [6.45, 7) is 0.00982. The first-order chi connectivity index (χ1) is 13.6. The van der Waals surface area contributed by atoms with Gasteiger partial charge in [0.25, 0.3) is 0 Å². The van der Waals surface area contributed by atoms with E-state index in [1.54, 1.807) is 0 Å². The number of rotatable bonds is 5. The van der Waals surface area contributed by atoms with Crippen molar-refractivity contribution in [2.45, 2.75) is 31.0 Å². The molecule has 1 fully saturated rings. The van der Waals surface area contributed by atoms with Crippen molar-refractivity contribution in [3.05, 3.63) is 54.0 Å². The third kappa shape index (κ3) is 3.27. The first kappa shape index (κ1) is 18.6. The van der Waals surface area contributed by atoms with Crippen molar-refractivity contribution in [2.24, 2.45) is 4.99 Å². The summed E-state index contributed by atoms with van der Waals surface area (Å²) in [7, 11) is 0. The van der Waals surface area contributed by atoms with E-state index < -0.39 is 31.1 Å². The molecule has 148 valence electrons. The zero-order valence-electron chi connectivity index (χ0n) is 14.9. The minimum Gasteiger partial charge on any atom is -0.425 e. The molecule has 0 bridgehead atoms. The lowest BCUT2D eigenvalue weighted by Gasteiger charge is -2.16. The fraction of sp³-hybridized carbons (Fsp3) is 0.389. The molecule has 1 saturated heterocycles. The summed E-state index contributed by atoms with van der Waals surface area (Å²) in [6.07, 6.45) is -1.07. The highest BCUT2D eigenvalue weighted by Gasteiger charge is 2.44. The normalized spacial score (nSPS) is 25.6. The molecule has 2 aromatic heterocycles. The quantitative estimate of drug-likeness (QED) is 0.422. The minimum absolute atomic E-state index is 0.228. The van der Waals surface area contributed by atoms with Gasteiger partial charge in [0, 0.05) is 6.54 Å². The van der Waals surface area contributed by atoms with Crippen LogP contribution >= 0.6 is 0 Å². The first-order valence-electron chi connectivity index (χ1n) is 8.90. The van der Waals surface area contributed by atoms with E-state index in [9.17, 15) is 20.5 Å². The SMILES string of the molecule is OC[C@H]1OC(n2cnc3c(=NCCc4ccccc4)n(O)cnc32)[C@H](O)[C@@H]1O. The van der Waals surface area contributed by atoms with Gasteiger partial charge in [-0.2, -0.15) is 4.73 Å². The van der Waals surface area contributed by atoms with Crippen LogP contribution in [0.4, 0.5) is 0 Å². The van der Waals surface area contributed by atoms with Gasteiger partial charge in [-0.25, -0.2) is 9.97 Å². The Morgan fingerprint density at radius 2 is 1.86 bits per heavy atom. The topological polar surface area (TPSA) is 138 Å². The summed E-state index contributed by atoms with van der Waals surface area (Å²) < 4.78 is 7.78. The van der Waals surface area contributed by atoms with Crippen LogP contribution in [0.25, 0.3) is 11.2 Å². The molecule has 3 heterocycles. The third-order valence-electron chi connectivity index (χ3n) is 4.78. The number of hydrogen-bond acceptors (Lipinski definition) is 8. The van der Waals surface area contributed by atoms with Crippen LogP contribution in [0.1, 0.15) is 11.8 Å². The molecule has 10 heteroatoms. The van der Waals surface area contributed by atoms with Crippen LogP contribution in [-0.4, -0.2) is 71.3 Å². The second-order valence-corrected chi connectivity index (χ2v) is 6.58. The van der Waals surface area contributed by atoms with Crippen molar-refractivity contribution in [3.63, 3.8) is 0 Å². The van der Waals surface area contributed by atoms with E-state index in [1.165, 1.54) is 17.2 Å². The van der Waals surface area contributed by atoms with Crippen LogP contribution in [0.15, 0.2) is 48.0 Å². The monoisotopic (exact) mass is 387 g/mol. The third-order valence-corrected chi connectivity index (χ3v) is 4.78. The van der Waals surface area contributed by atoms with E-state index >= 15 is 0 Å². The molecule has 0 spiro atoms. The van der Waals surface area contributed by atoms with Gasteiger partial charge in [0.15, 0.2) is 22.9 Å². The predicted molar refractivity (Wildman–Crippen MR) is 96.3 cm³/mol. The van der Waals surface area contributed by atoms with Gasteiger partial charge in [0.2, 0.25) is 0 Å². The van der Waals surface area contributed by atoms with E-state index in [-0.39, 0.29) is 5.49 Å². The second kappa shape index (κ2) is 7.68. The van der Waals surface area contributed by atoms with Crippen molar-refractivity contribution in [3.8, 4) is 0 Å². The van der Waals surface area contributed by atoms with Crippen LogP contribution in [0.5, 0.6) is 0 Å². The maximum atomic E-state index is 10.2. The van der Waals surface area contributed by atoms with Crippen LogP contribution in [0, 0.1) is 0 Å². The molecule has 0 aliphatic carbocycles. The van der Waals surface area contributed by atoms with Gasteiger partial charge >= 0.3 is 0 Å². The Kier molecular flexibility index (Phi) is 5.09. The fourth-order valence-electron chi connectivity index (χ4n) is 3.29. The highest BCUT2D eigenvalue weighted by atomic mass is 16.6.